The minimum absolute atomic E-state index is 0.0327. The molecule has 3 N–H and O–H groups in total. The lowest BCUT2D eigenvalue weighted by Gasteiger charge is -2.40. The average Bonchev–Trinajstić information content (AvgIpc) is 2.93. The number of rotatable bonds is 10. The Kier molecular flexibility index (Phi) is 14.3. The molecular weight excluding hydrogens is 622 g/mol. The molecule has 9 heteroatoms. The van der Waals surface area contributed by atoms with Crippen LogP contribution >= 0.6 is 31.9 Å². The van der Waals surface area contributed by atoms with Crippen molar-refractivity contribution >= 4 is 50.0 Å². The third kappa shape index (κ3) is 9.77. The highest BCUT2D eigenvalue weighted by Gasteiger charge is 2.30. The van der Waals surface area contributed by atoms with Gasteiger partial charge in [-0.25, -0.2) is 4.79 Å². The Labute approximate surface area is 251 Å². The molecule has 2 aliphatic rings. The number of allylic oxidation sites excluding steroid dienone is 1. The van der Waals surface area contributed by atoms with E-state index in [1.807, 2.05) is 4.90 Å². The van der Waals surface area contributed by atoms with E-state index in [4.69, 9.17) is 11.1 Å². The van der Waals surface area contributed by atoms with Crippen LogP contribution in [0.4, 0.5) is 4.79 Å². The molecule has 1 aromatic carbocycles. The van der Waals surface area contributed by atoms with Gasteiger partial charge in [-0.1, -0.05) is 63.4 Å². The Morgan fingerprint density at radius 1 is 1.13 bits per heavy atom. The summed E-state index contributed by atoms with van der Waals surface area (Å²) in [6.45, 7) is 8.72. The van der Waals surface area contributed by atoms with Gasteiger partial charge in [0.1, 0.15) is 0 Å². The molecule has 0 spiro atoms. The van der Waals surface area contributed by atoms with Gasteiger partial charge in [-0.3, -0.25) is 9.69 Å². The Bertz CT molecular complexity index is 1010. The summed E-state index contributed by atoms with van der Waals surface area (Å²) in [5.74, 6) is 0.545. The number of nitrogens with zero attached hydrogens (tertiary/aromatic N) is 3. The van der Waals surface area contributed by atoms with Crippen molar-refractivity contribution in [3.8, 4) is 12.8 Å². The van der Waals surface area contributed by atoms with E-state index in [-0.39, 0.29) is 22.8 Å². The van der Waals surface area contributed by atoms with E-state index in [2.05, 4.69) is 87.7 Å². The van der Waals surface area contributed by atoms with Crippen LogP contribution in [0.3, 0.4) is 0 Å². The Morgan fingerprint density at radius 3 is 2.33 bits per heavy atom. The van der Waals surface area contributed by atoms with E-state index in [0.29, 0.717) is 25.4 Å². The molecule has 214 valence electrons. The van der Waals surface area contributed by atoms with Gasteiger partial charge in [-0.15, -0.1) is 12.8 Å². The Hall–Kier alpha value is -2.15. The average molecular weight is 666 g/mol. The number of alkyl halides is 1. The number of hydrogen-bond acceptors (Lipinski definition) is 4. The van der Waals surface area contributed by atoms with Gasteiger partial charge in [-0.2, -0.15) is 0 Å². The van der Waals surface area contributed by atoms with Crippen molar-refractivity contribution in [3.05, 3.63) is 45.4 Å². The number of primary amides is 1. The molecule has 0 bridgehead atoms. The van der Waals surface area contributed by atoms with Gasteiger partial charge in [-0.05, 0) is 61.3 Å². The summed E-state index contributed by atoms with van der Waals surface area (Å²) in [5.41, 5.74) is 9.32. The quantitative estimate of drug-likeness (QED) is 0.146. The first-order chi connectivity index (χ1) is 18.7. The first kappa shape index (κ1) is 33.1. The summed E-state index contributed by atoms with van der Waals surface area (Å²) in [7, 11) is 0. The second-order valence-corrected chi connectivity index (χ2v) is 12.3. The summed E-state index contributed by atoms with van der Waals surface area (Å²) in [6.07, 6.45) is 19.0. The topological polar surface area (TPSA) is 93.7 Å². The summed E-state index contributed by atoms with van der Waals surface area (Å²) >= 11 is 7.40. The standard InChI is InChI=1S/C28H41Br2N5O2.C2H2/c1-3-5-22-16-20(2)17-24(30)27(22)25(7-4-6-23(29)19-31)33-12-14-34(15-13-33)26(36)18-21-8-10-35(11-9-21)28(32)37;1-2/h4,7,16-17,19,21,23,25,31H,3,5-6,8-15,18H2,1-2H3,(H2,32,37);1-2H/b7-4+,31-19?;/t23?,25-;/m0./s1. The molecule has 7 nitrogen and oxygen atoms in total. The smallest absolute Gasteiger partial charge is 0.314 e. The fourth-order valence-electron chi connectivity index (χ4n) is 5.42. The number of piperazine rings is 1. The Balaban J connectivity index is 0.00000260. The zero-order chi connectivity index (χ0) is 28.9. The van der Waals surface area contributed by atoms with Crippen molar-refractivity contribution in [3.63, 3.8) is 0 Å². The molecule has 0 aliphatic carbocycles. The zero-order valence-electron chi connectivity index (χ0n) is 23.3. The van der Waals surface area contributed by atoms with Crippen molar-refractivity contribution < 1.29 is 9.59 Å². The number of carbonyl (C=O) groups excluding carboxylic acids is 2. The third-order valence-corrected chi connectivity index (χ3v) is 8.78. The highest BCUT2D eigenvalue weighted by Crippen LogP contribution is 2.35. The number of halogens is 2. The molecule has 1 unspecified atom stereocenters. The maximum absolute atomic E-state index is 13.1. The maximum atomic E-state index is 13.1. The Morgan fingerprint density at radius 2 is 1.77 bits per heavy atom. The summed E-state index contributed by atoms with van der Waals surface area (Å²) < 4.78 is 1.13. The maximum Gasteiger partial charge on any atom is 0.314 e. The largest absolute Gasteiger partial charge is 0.351 e. The molecule has 39 heavy (non-hydrogen) atoms. The lowest BCUT2D eigenvalue weighted by atomic mass is 9.92. The number of nitrogens with one attached hydrogen (secondary N) is 1. The van der Waals surface area contributed by atoms with Gasteiger partial charge in [0.15, 0.2) is 0 Å². The number of aryl methyl sites for hydroxylation is 2. The summed E-state index contributed by atoms with van der Waals surface area (Å²) in [5, 5.41) is 7.50. The molecule has 0 radical (unpaired) electrons. The normalized spacial score (nSPS) is 18.3. The molecule has 2 heterocycles. The number of carbonyl (C=O) groups is 2. The molecule has 0 aromatic heterocycles. The van der Waals surface area contributed by atoms with Gasteiger partial charge in [0.2, 0.25) is 5.91 Å². The van der Waals surface area contributed by atoms with Crippen LogP contribution in [-0.2, 0) is 11.2 Å². The highest BCUT2D eigenvalue weighted by molar-refractivity contribution is 9.10. The van der Waals surface area contributed by atoms with E-state index in [9.17, 15) is 9.59 Å². The van der Waals surface area contributed by atoms with Crippen LogP contribution < -0.4 is 5.73 Å². The molecule has 3 rings (SSSR count). The highest BCUT2D eigenvalue weighted by atomic mass is 79.9. The fourth-order valence-corrected chi connectivity index (χ4v) is 6.49. The molecule has 0 saturated carbocycles. The number of terminal acetylenes is 1. The van der Waals surface area contributed by atoms with E-state index < -0.39 is 0 Å². The van der Waals surface area contributed by atoms with Crippen LogP contribution in [0.1, 0.15) is 61.8 Å². The number of nitrogens with two attached hydrogens (primary N) is 1. The number of piperidine rings is 1. The van der Waals surface area contributed by atoms with Gasteiger partial charge >= 0.3 is 6.03 Å². The first-order valence-electron chi connectivity index (χ1n) is 13.7. The van der Waals surface area contributed by atoms with Gasteiger partial charge in [0.05, 0.1) is 10.9 Å². The predicted molar refractivity (Wildman–Crippen MR) is 167 cm³/mol. The summed E-state index contributed by atoms with van der Waals surface area (Å²) in [6, 6.07) is 4.25. The van der Waals surface area contributed by atoms with E-state index >= 15 is 0 Å². The van der Waals surface area contributed by atoms with Crippen LogP contribution in [0.2, 0.25) is 0 Å². The van der Waals surface area contributed by atoms with Gasteiger partial charge in [0.25, 0.3) is 0 Å². The van der Waals surface area contributed by atoms with Crippen molar-refractivity contribution in [2.24, 2.45) is 11.7 Å². The molecule has 2 fully saturated rings. The predicted octanol–water partition coefficient (Wildman–Crippen LogP) is 5.68. The van der Waals surface area contributed by atoms with Crippen LogP contribution in [-0.4, -0.2) is 76.9 Å². The number of hydrogen-bond donors (Lipinski definition) is 2. The number of amides is 3. The molecule has 2 aliphatic heterocycles. The summed E-state index contributed by atoms with van der Waals surface area (Å²) in [4.78, 5) is 30.7. The van der Waals surface area contributed by atoms with Gasteiger partial charge < -0.3 is 20.9 Å². The second kappa shape index (κ2) is 16.8. The lowest BCUT2D eigenvalue weighted by molar-refractivity contribution is -0.134. The SMILES string of the molecule is C#C.CCCc1cc(C)cc(Br)c1[C@H](/C=C/CC(Br)C=N)N1CCN(C(=O)CC2CCN(C(N)=O)CC2)CC1. The van der Waals surface area contributed by atoms with Crippen LogP contribution in [0.15, 0.2) is 28.8 Å². The lowest BCUT2D eigenvalue weighted by Crippen LogP contribution is -2.50. The first-order valence-corrected chi connectivity index (χ1v) is 15.4. The van der Waals surface area contributed by atoms with Crippen LogP contribution in [0, 0.1) is 31.1 Å². The van der Waals surface area contributed by atoms with Crippen LogP contribution in [0.5, 0.6) is 0 Å². The minimum atomic E-state index is -0.365. The molecule has 2 saturated heterocycles. The molecule has 2 atom stereocenters. The zero-order valence-corrected chi connectivity index (χ0v) is 26.4. The monoisotopic (exact) mass is 663 g/mol. The molecule has 3 amide bonds. The van der Waals surface area contributed by atoms with Crippen molar-refractivity contribution in [2.75, 3.05) is 39.3 Å². The molecular formula is C30H43Br2N5O2. The van der Waals surface area contributed by atoms with Crippen molar-refractivity contribution in [2.45, 2.75) is 63.2 Å². The number of urea groups is 1. The fraction of sp³-hybridized carbons (Fsp3) is 0.567. The van der Waals surface area contributed by atoms with E-state index in [1.54, 1.807) is 4.90 Å². The van der Waals surface area contributed by atoms with Gasteiger partial charge in [0, 0.05) is 56.4 Å². The van der Waals surface area contributed by atoms with Crippen molar-refractivity contribution in [1.29, 1.82) is 5.41 Å². The third-order valence-electron chi connectivity index (χ3n) is 7.48. The number of likely N-dealkylation sites (tertiary alicyclic amines) is 1. The molecule has 1 aromatic rings. The van der Waals surface area contributed by atoms with Crippen LogP contribution in [0.25, 0.3) is 0 Å². The number of benzene rings is 1. The minimum Gasteiger partial charge on any atom is -0.351 e. The second-order valence-electron chi connectivity index (χ2n) is 10.3. The van der Waals surface area contributed by atoms with Crippen molar-refractivity contribution in [1.82, 2.24) is 14.7 Å². The van der Waals surface area contributed by atoms with E-state index in [0.717, 1.165) is 62.8 Å². The van der Waals surface area contributed by atoms with E-state index in [1.165, 1.54) is 22.9 Å².